The van der Waals surface area contributed by atoms with Crippen LogP contribution in [0.25, 0.3) is 0 Å². The number of carbonyl (C=O) groups is 2. The summed E-state index contributed by atoms with van der Waals surface area (Å²) in [5.41, 5.74) is 6.36. The van der Waals surface area contributed by atoms with E-state index in [2.05, 4.69) is 10.6 Å². The van der Waals surface area contributed by atoms with Crippen LogP contribution in [-0.2, 0) is 11.3 Å². The van der Waals surface area contributed by atoms with Crippen LogP contribution >= 0.6 is 0 Å². The predicted octanol–water partition coefficient (Wildman–Crippen LogP) is 2.10. The zero-order valence-corrected chi connectivity index (χ0v) is 13.9. The number of carbonyl (C=O) groups excluding carboxylic acids is 2. The number of hydrogen-bond donors (Lipinski definition) is 3. The van der Waals surface area contributed by atoms with Gasteiger partial charge in [0.1, 0.15) is 5.54 Å². The highest BCUT2D eigenvalue weighted by Gasteiger charge is 2.40. The van der Waals surface area contributed by atoms with Crippen LogP contribution in [-0.4, -0.2) is 23.9 Å². The van der Waals surface area contributed by atoms with Crippen molar-refractivity contribution in [2.75, 3.05) is 6.54 Å². The van der Waals surface area contributed by atoms with Gasteiger partial charge in [-0.3, -0.25) is 9.59 Å². The van der Waals surface area contributed by atoms with Crippen molar-refractivity contribution in [2.45, 2.75) is 57.5 Å². The van der Waals surface area contributed by atoms with Crippen LogP contribution in [0.4, 0.5) is 0 Å². The maximum Gasteiger partial charge on any atom is 0.252 e. The van der Waals surface area contributed by atoms with E-state index in [4.69, 9.17) is 5.73 Å². The maximum absolute atomic E-state index is 12.6. The van der Waals surface area contributed by atoms with Crippen LogP contribution in [0.15, 0.2) is 24.3 Å². The third-order valence-electron chi connectivity index (χ3n) is 4.48. The zero-order valence-electron chi connectivity index (χ0n) is 13.9. The topological polar surface area (TPSA) is 84.2 Å². The molecular formula is C18H27N3O2. The molecule has 2 rings (SSSR count). The quantitative estimate of drug-likeness (QED) is 0.751. The van der Waals surface area contributed by atoms with E-state index in [1.165, 1.54) is 0 Å². The van der Waals surface area contributed by atoms with Crippen molar-refractivity contribution >= 4 is 11.8 Å². The largest absolute Gasteiger partial charge is 0.354 e. The molecule has 1 saturated carbocycles. The second-order valence-corrected chi connectivity index (χ2v) is 6.25. The molecular weight excluding hydrogens is 290 g/mol. The molecule has 5 nitrogen and oxygen atoms in total. The van der Waals surface area contributed by atoms with Gasteiger partial charge in [-0.15, -0.1) is 0 Å². The molecule has 1 aromatic rings. The molecule has 23 heavy (non-hydrogen) atoms. The smallest absolute Gasteiger partial charge is 0.252 e. The third kappa shape index (κ3) is 4.32. The Morgan fingerprint density at radius 1 is 1.13 bits per heavy atom. The molecule has 4 N–H and O–H groups in total. The van der Waals surface area contributed by atoms with Crippen molar-refractivity contribution in [1.82, 2.24) is 10.6 Å². The molecule has 5 heteroatoms. The minimum Gasteiger partial charge on any atom is -0.354 e. The second-order valence-electron chi connectivity index (χ2n) is 6.25. The predicted molar refractivity (Wildman–Crippen MR) is 90.9 cm³/mol. The Hall–Kier alpha value is -1.88. The lowest BCUT2D eigenvalue weighted by Crippen LogP contribution is -2.59. The molecule has 0 aliphatic heterocycles. The van der Waals surface area contributed by atoms with Gasteiger partial charge in [-0.1, -0.05) is 38.3 Å². The van der Waals surface area contributed by atoms with Crippen LogP contribution < -0.4 is 16.4 Å². The Balaban J connectivity index is 2.12. The summed E-state index contributed by atoms with van der Waals surface area (Å²) >= 11 is 0. The SMILES string of the molecule is CCCNC(=O)C1(NC(=O)c2ccc(CN)cc2)CCCCC1. The summed E-state index contributed by atoms with van der Waals surface area (Å²) in [6, 6.07) is 7.22. The Bertz CT molecular complexity index is 534. The molecule has 1 fully saturated rings. The fourth-order valence-corrected chi connectivity index (χ4v) is 3.05. The fourth-order valence-electron chi connectivity index (χ4n) is 3.05. The number of nitrogens with two attached hydrogens (primary N) is 1. The van der Waals surface area contributed by atoms with Gasteiger partial charge >= 0.3 is 0 Å². The molecule has 0 aromatic heterocycles. The van der Waals surface area contributed by atoms with Gasteiger partial charge in [0.05, 0.1) is 0 Å². The lowest BCUT2D eigenvalue weighted by molar-refractivity contribution is -0.128. The van der Waals surface area contributed by atoms with E-state index in [9.17, 15) is 9.59 Å². The highest BCUT2D eigenvalue weighted by Crippen LogP contribution is 2.29. The summed E-state index contributed by atoms with van der Waals surface area (Å²) in [5, 5.41) is 5.96. The van der Waals surface area contributed by atoms with Gasteiger partial charge in [0.15, 0.2) is 0 Å². The van der Waals surface area contributed by atoms with Crippen LogP contribution in [0.3, 0.4) is 0 Å². The van der Waals surface area contributed by atoms with Gasteiger partial charge in [-0.05, 0) is 37.0 Å². The standard InChI is InChI=1S/C18H27N3O2/c1-2-12-20-17(23)18(10-4-3-5-11-18)21-16(22)15-8-6-14(13-19)7-9-15/h6-9H,2-5,10-13,19H2,1H3,(H,20,23)(H,21,22). The molecule has 0 bridgehead atoms. The molecule has 1 aromatic carbocycles. The first-order valence-corrected chi connectivity index (χ1v) is 8.51. The number of hydrogen-bond acceptors (Lipinski definition) is 3. The van der Waals surface area contributed by atoms with E-state index in [0.29, 0.717) is 31.5 Å². The van der Waals surface area contributed by atoms with E-state index < -0.39 is 5.54 Å². The van der Waals surface area contributed by atoms with Crippen LogP contribution in [0, 0.1) is 0 Å². The summed E-state index contributed by atoms with van der Waals surface area (Å²) in [4.78, 5) is 25.2. The molecule has 1 aliphatic rings. The summed E-state index contributed by atoms with van der Waals surface area (Å²) in [7, 11) is 0. The van der Waals surface area contributed by atoms with Crippen molar-refractivity contribution < 1.29 is 9.59 Å². The maximum atomic E-state index is 12.6. The highest BCUT2D eigenvalue weighted by atomic mass is 16.2. The van der Waals surface area contributed by atoms with Gasteiger partial charge in [0.2, 0.25) is 5.91 Å². The lowest BCUT2D eigenvalue weighted by Gasteiger charge is -2.36. The first-order valence-electron chi connectivity index (χ1n) is 8.51. The van der Waals surface area contributed by atoms with Crippen molar-refractivity contribution in [2.24, 2.45) is 5.73 Å². The minimum absolute atomic E-state index is 0.0500. The minimum atomic E-state index is -0.767. The Labute approximate surface area is 138 Å². The molecule has 1 aliphatic carbocycles. The first-order chi connectivity index (χ1) is 11.1. The molecule has 0 atom stereocenters. The number of amides is 2. The molecule has 0 spiro atoms. The van der Waals surface area contributed by atoms with Crippen LogP contribution in [0.1, 0.15) is 61.4 Å². The van der Waals surface area contributed by atoms with Gasteiger partial charge in [-0.2, -0.15) is 0 Å². The number of rotatable bonds is 6. The number of nitrogens with one attached hydrogen (secondary N) is 2. The summed E-state index contributed by atoms with van der Waals surface area (Å²) in [6.07, 6.45) is 5.34. The Morgan fingerprint density at radius 3 is 2.35 bits per heavy atom. The average molecular weight is 317 g/mol. The molecule has 126 valence electrons. The molecule has 0 saturated heterocycles. The van der Waals surface area contributed by atoms with Crippen molar-refractivity contribution in [3.8, 4) is 0 Å². The van der Waals surface area contributed by atoms with E-state index in [1.807, 2.05) is 19.1 Å². The summed E-state index contributed by atoms with van der Waals surface area (Å²) < 4.78 is 0. The van der Waals surface area contributed by atoms with Gasteiger partial charge < -0.3 is 16.4 Å². The van der Waals surface area contributed by atoms with Crippen LogP contribution in [0.5, 0.6) is 0 Å². The van der Waals surface area contributed by atoms with Crippen molar-refractivity contribution in [3.05, 3.63) is 35.4 Å². The lowest BCUT2D eigenvalue weighted by atomic mass is 9.80. The summed E-state index contributed by atoms with van der Waals surface area (Å²) in [6.45, 7) is 3.11. The van der Waals surface area contributed by atoms with Crippen molar-refractivity contribution in [3.63, 3.8) is 0 Å². The van der Waals surface area contributed by atoms with Gasteiger partial charge in [0.25, 0.3) is 5.91 Å². The van der Waals surface area contributed by atoms with Gasteiger partial charge in [0, 0.05) is 18.7 Å². The fraction of sp³-hybridized carbons (Fsp3) is 0.556. The molecule has 0 radical (unpaired) electrons. The van der Waals surface area contributed by atoms with Crippen LogP contribution in [0.2, 0.25) is 0 Å². The van der Waals surface area contributed by atoms with Crippen molar-refractivity contribution in [1.29, 1.82) is 0 Å². The van der Waals surface area contributed by atoms with E-state index in [1.54, 1.807) is 12.1 Å². The monoisotopic (exact) mass is 317 g/mol. The van der Waals surface area contributed by atoms with Gasteiger partial charge in [-0.25, -0.2) is 0 Å². The zero-order chi connectivity index (χ0) is 16.7. The van der Waals surface area contributed by atoms with E-state index in [0.717, 1.165) is 31.2 Å². The first kappa shape index (κ1) is 17.5. The highest BCUT2D eigenvalue weighted by molar-refractivity contribution is 5.99. The van der Waals surface area contributed by atoms with E-state index in [-0.39, 0.29) is 11.8 Å². The second kappa shape index (κ2) is 8.11. The van der Waals surface area contributed by atoms with E-state index >= 15 is 0 Å². The third-order valence-corrected chi connectivity index (χ3v) is 4.48. The normalized spacial score (nSPS) is 16.6. The average Bonchev–Trinajstić information content (AvgIpc) is 2.60. The Morgan fingerprint density at radius 2 is 1.78 bits per heavy atom. The molecule has 0 heterocycles. The number of benzene rings is 1. The Kier molecular flexibility index (Phi) is 6.16. The summed E-state index contributed by atoms with van der Waals surface area (Å²) in [5.74, 6) is -0.243. The molecule has 2 amide bonds. The molecule has 0 unspecified atom stereocenters.